The number of nitrogens with one attached hydrogen (secondary N) is 1. The van der Waals surface area contributed by atoms with Gasteiger partial charge in [0, 0.05) is 25.6 Å². The van der Waals surface area contributed by atoms with Gasteiger partial charge in [0.2, 0.25) is 0 Å². The third kappa shape index (κ3) is 10.5. The van der Waals surface area contributed by atoms with Crippen molar-refractivity contribution in [3.63, 3.8) is 0 Å². The van der Waals surface area contributed by atoms with Crippen LogP contribution < -0.4 is 10.1 Å². The summed E-state index contributed by atoms with van der Waals surface area (Å²) in [5.74, 6) is 0.116. The zero-order valence-electron chi connectivity index (χ0n) is 23.8. The number of aromatic nitrogens is 1. The predicted octanol–water partition coefficient (Wildman–Crippen LogP) is 7.12. The zero-order valence-corrected chi connectivity index (χ0v) is 24.6. The number of rotatable bonds is 17. The highest BCUT2D eigenvalue weighted by molar-refractivity contribution is 7.18. The Balaban J connectivity index is 1.20. The zero-order chi connectivity index (χ0) is 28.0. The largest absolute Gasteiger partial charge is 0.490 e. The first-order chi connectivity index (χ1) is 19.6. The lowest BCUT2D eigenvalue weighted by molar-refractivity contribution is -0.152. The van der Waals surface area contributed by atoms with E-state index in [0.717, 1.165) is 55.8 Å². The number of benzene rings is 2. The summed E-state index contributed by atoms with van der Waals surface area (Å²) in [5, 5.41) is 4.80. The number of hydrogen-bond acceptors (Lipinski definition) is 7. The van der Waals surface area contributed by atoms with Gasteiger partial charge in [0.15, 0.2) is 0 Å². The molecule has 1 saturated heterocycles. The third-order valence-corrected chi connectivity index (χ3v) is 8.50. The quantitative estimate of drug-likeness (QED) is 0.138. The molecule has 8 heteroatoms. The summed E-state index contributed by atoms with van der Waals surface area (Å²) in [6.45, 7) is 5.75. The highest BCUT2D eigenvalue weighted by Crippen LogP contribution is 2.22. The third-order valence-electron chi connectivity index (χ3n) is 7.46. The summed E-state index contributed by atoms with van der Waals surface area (Å²) in [4.78, 5) is 19.8. The molecule has 1 atom stereocenters. The van der Waals surface area contributed by atoms with Gasteiger partial charge in [-0.1, -0.05) is 57.6 Å². The van der Waals surface area contributed by atoms with Crippen LogP contribution in [0.25, 0.3) is 10.2 Å². The van der Waals surface area contributed by atoms with E-state index in [1.54, 1.807) is 23.5 Å². The van der Waals surface area contributed by atoms with Crippen LogP contribution in [-0.4, -0.2) is 54.2 Å². The number of unbranched alkanes of at least 4 members (excludes halogenated alkanes) is 6. The molecular formula is C32H44FN3O3S. The van der Waals surface area contributed by atoms with E-state index in [2.05, 4.69) is 35.3 Å². The minimum Gasteiger partial charge on any atom is -0.490 e. The van der Waals surface area contributed by atoms with E-state index in [1.807, 2.05) is 6.07 Å². The van der Waals surface area contributed by atoms with Crippen LogP contribution in [0, 0.1) is 5.82 Å². The molecule has 1 aliphatic rings. The molecule has 2 aromatic carbocycles. The number of fused-ring (bicyclic) bond motifs is 1. The molecule has 40 heavy (non-hydrogen) atoms. The molecule has 1 N–H and O–H groups in total. The van der Waals surface area contributed by atoms with Gasteiger partial charge in [-0.05, 0) is 68.8 Å². The first-order valence-corrected chi connectivity index (χ1v) is 15.8. The summed E-state index contributed by atoms with van der Waals surface area (Å²) < 4.78 is 26.3. The fraction of sp³-hybridized carbons (Fsp3) is 0.562. The van der Waals surface area contributed by atoms with Crippen molar-refractivity contribution in [2.75, 3.05) is 26.2 Å². The van der Waals surface area contributed by atoms with Gasteiger partial charge in [0.05, 0.1) is 10.2 Å². The maximum Gasteiger partial charge on any atom is 0.306 e. The fourth-order valence-corrected chi connectivity index (χ4v) is 6.07. The van der Waals surface area contributed by atoms with Gasteiger partial charge in [0.25, 0.3) is 0 Å². The average Bonchev–Trinajstić information content (AvgIpc) is 3.39. The Hall–Kier alpha value is -2.55. The second-order valence-corrected chi connectivity index (χ2v) is 11.9. The number of carbonyl (C=O) groups is 1. The summed E-state index contributed by atoms with van der Waals surface area (Å²) in [5.41, 5.74) is 1.06. The van der Waals surface area contributed by atoms with Crippen molar-refractivity contribution in [2.24, 2.45) is 0 Å². The van der Waals surface area contributed by atoms with E-state index in [0.29, 0.717) is 24.8 Å². The Labute approximate surface area is 242 Å². The van der Waals surface area contributed by atoms with Crippen LogP contribution in [0.2, 0.25) is 0 Å². The topological polar surface area (TPSA) is 63.7 Å². The number of nitrogens with zero attached hydrogens (tertiary/aromatic N) is 2. The number of para-hydroxylation sites is 1. The summed E-state index contributed by atoms with van der Waals surface area (Å²) in [6, 6.07) is 14.7. The molecule has 2 heterocycles. The first kappa shape index (κ1) is 30.4. The molecule has 3 aromatic rings. The van der Waals surface area contributed by atoms with Crippen LogP contribution in [-0.2, 0) is 16.1 Å². The van der Waals surface area contributed by atoms with Crippen LogP contribution in [0.1, 0.15) is 76.1 Å². The standard InChI is InChI=1S/C32H44FN3O3S/c1-2-3-4-5-6-7-8-13-32(37)39-28(24-38-27-16-14-25(33)15-17-27)23-36-20-18-26(19-21-36)34-22-31-35-29-11-9-10-12-30(29)40-31/h9-12,14-17,26,28,34H,2-8,13,18-24H2,1H3. The molecule has 1 unspecified atom stereocenters. The normalized spacial score (nSPS) is 15.3. The molecule has 1 aliphatic heterocycles. The Morgan fingerprint density at radius 1 is 1.05 bits per heavy atom. The maximum atomic E-state index is 13.3. The number of ether oxygens (including phenoxy) is 2. The Morgan fingerprint density at radius 2 is 1.77 bits per heavy atom. The maximum absolute atomic E-state index is 13.3. The van der Waals surface area contributed by atoms with Gasteiger partial charge in [-0.25, -0.2) is 9.37 Å². The van der Waals surface area contributed by atoms with Gasteiger partial charge in [-0.15, -0.1) is 11.3 Å². The van der Waals surface area contributed by atoms with E-state index in [1.165, 1.54) is 48.9 Å². The molecule has 0 radical (unpaired) electrons. The molecule has 0 amide bonds. The van der Waals surface area contributed by atoms with Crippen molar-refractivity contribution in [3.8, 4) is 5.75 Å². The number of piperidine rings is 1. The number of hydrogen-bond donors (Lipinski definition) is 1. The molecule has 0 spiro atoms. The molecule has 0 aliphatic carbocycles. The number of thiazole rings is 1. The van der Waals surface area contributed by atoms with Crippen molar-refractivity contribution < 1.29 is 18.7 Å². The SMILES string of the molecule is CCCCCCCCCC(=O)OC(COc1ccc(F)cc1)CN1CCC(NCc2nc3ccccc3s2)CC1. The van der Waals surface area contributed by atoms with Crippen molar-refractivity contribution in [1.29, 1.82) is 0 Å². The van der Waals surface area contributed by atoms with Crippen LogP contribution in [0.3, 0.4) is 0 Å². The van der Waals surface area contributed by atoms with Gasteiger partial charge in [-0.2, -0.15) is 0 Å². The molecule has 1 aromatic heterocycles. The molecule has 1 fully saturated rings. The average molecular weight is 570 g/mol. The number of carbonyl (C=O) groups excluding carboxylic acids is 1. The Kier molecular flexibility index (Phi) is 12.7. The molecule has 0 saturated carbocycles. The molecule has 4 rings (SSSR count). The molecule has 6 nitrogen and oxygen atoms in total. The van der Waals surface area contributed by atoms with Crippen molar-refractivity contribution >= 4 is 27.5 Å². The Bertz CT molecular complexity index is 1110. The van der Waals surface area contributed by atoms with Crippen molar-refractivity contribution in [3.05, 3.63) is 59.4 Å². The van der Waals surface area contributed by atoms with Gasteiger partial charge in [-0.3, -0.25) is 9.69 Å². The predicted molar refractivity (Wildman–Crippen MR) is 160 cm³/mol. The number of esters is 1. The number of likely N-dealkylation sites (tertiary alicyclic amines) is 1. The summed E-state index contributed by atoms with van der Waals surface area (Å²) in [6.07, 6.45) is 10.3. The Morgan fingerprint density at radius 3 is 2.52 bits per heavy atom. The van der Waals surface area contributed by atoms with Gasteiger partial charge in [0.1, 0.15) is 29.3 Å². The molecule has 218 valence electrons. The van der Waals surface area contributed by atoms with E-state index in [4.69, 9.17) is 14.5 Å². The van der Waals surface area contributed by atoms with E-state index >= 15 is 0 Å². The molecular weight excluding hydrogens is 525 g/mol. The van der Waals surface area contributed by atoms with Crippen LogP contribution in [0.15, 0.2) is 48.5 Å². The summed E-state index contributed by atoms with van der Waals surface area (Å²) in [7, 11) is 0. The van der Waals surface area contributed by atoms with Crippen molar-refractivity contribution in [1.82, 2.24) is 15.2 Å². The lowest BCUT2D eigenvalue weighted by Crippen LogP contribution is -2.46. The summed E-state index contributed by atoms with van der Waals surface area (Å²) >= 11 is 1.75. The second kappa shape index (κ2) is 16.7. The number of halogens is 1. The van der Waals surface area contributed by atoms with Gasteiger partial charge >= 0.3 is 5.97 Å². The van der Waals surface area contributed by atoms with E-state index in [-0.39, 0.29) is 24.5 Å². The minimum absolute atomic E-state index is 0.159. The van der Waals surface area contributed by atoms with Crippen LogP contribution >= 0.6 is 11.3 Å². The second-order valence-electron chi connectivity index (χ2n) is 10.8. The minimum atomic E-state index is -0.366. The van der Waals surface area contributed by atoms with Crippen LogP contribution in [0.5, 0.6) is 5.75 Å². The van der Waals surface area contributed by atoms with Crippen molar-refractivity contribution in [2.45, 2.75) is 89.8 Å². The monoisotopic (exact) mass is 569 g/mol. The smallest absolute Gasteiger partial charge is 0.306 e. The fourth-order valence-electron chi connectivity index (χ4n) is 5.15. The molecule has 0 bridgehead atoms. The van der Waals surface area contributed by atoms with Crippen LogP contribution in [0.4, 0.5) is 4.39 Å². The van der Waals surface area contributed by atoms with E-state index in [9.17, 15) is 9.18 Å². The highest BCUT2D eigenvalue weighted by Gasteiger charge is 2.24. The lowest BCUT2D eigenvalue weighted by Gasteiger charge is -2.34. The van der Waals surface area contributed by atoms with E-state index < -0.39 is 0 Å². The lowest BCUT2D eigenvalue weighted by atomic mass is 10.0. The first-order valence-electron chi connectivity index (χ1n) is 15.0. The van der Waals surface area contributed by atoms with Gasteiger partial charge < -0.3 is 14.8 Å². The highest BCUT2D eigenvalue weighted by atomic mass is 32.1.